The van der Waals surface area contributed by atoms with Gasteiger partial charge in [-0.25, -0.2) is 4.98 Å². The van der Waals surface area contributed by atoms with Crippen molar-refractivity contribution in [3.8, 4) is 16.9 Å². The Morgan fingerprint density at radius 2 is 1.67 bits per heavy atom. The van der Waals surface area contributed by atoms with Crippen LogP contribution >= 0.6 is 0 Å². The zero-order valence-corrected chi connectivity index (χ0v) is 32.8. The van der Waals surface area contributed by atoms with E-state index in [0.717, 1.165) is 83.9 Å². The van der Waals surface area contributed by atoms with Crippen LogP contribution in [0.3, 0.4) is 0 Å². The smallest absolute Gasteiger partial charge is 0.417 e. The lowest BCUT2D eigenvalue weighted by atomic mass is 9.91. The number of aliphatic hydroxyl groups excluding tert-OH is 1. The van der Waals surface area contributed by atoms with Crippen molar-refractivity contribution in [3.05, 3.63) is 99.1 Å². The van der Waals surface area contributed by atoms with Crippen molar-refractivity contribution in [3.63, 3.8) is 0 Å². The number of aliphatic hydroxyl groups is 1. The molecule has 1 aliphatic carbocycles. The van der Waals surface area contributed by atoms with Gasteiger partial charge in [-0.1, -0.05) is 42.5 Å². The van der Waals surface area contributed by atoms with Gasteiger partial charge in [0.05, 0.1) is 30.4 Å². The molecule has 3 aromatic carbocycles. The van der Waals surface area contributed by atoms with Crippen molar-refractivity contribution in [2.24, 2.45) is 13.0 Å². The summed E-state index contributed by atoms with van der Waals surface area (Å²) in [5.41, 5.74) is 6.29. The highest BCUT2D eigenvalue weighted by Gasteiger charge is 2.35. The topological polar surface area (TPSA) is 120 Å². The number of likely N-dealkylation sites (tertiary alicyclic amines) is 1. The van der Waals surface area contributed by atoms with Crippen LogP contribution in [0.25, 0.3) is 23.3 Å². The minimum Gasteiger partial charge on any atom is -0.496 e. The van der Waals surface area contributed by atoms with E-state index < -0.39 is 23.6 Å². The molecule has 10 nitrogen and oxygen atoms in total. The van der Waals surface area contributed by atoms with Crippen LogP contribution in [0.1, 0.15) is 87.5 Å². The van der Waals surface area contributed by atoms with E-state index >= 15 is 0 Å². The molecule has 0 spiro atoms. The molecule has 0 unspecified atom stereocenters. The van der Waals surface area contributed by atoms with E-state index in [2.05, 4.69) is 10.2 Å². The number of hydrogen-bond donors (Lipinski definition) is 3. The van der Waals surface area contributed by atoms with Crippen molar-refractivity contribution >= 4 is 29.7 Å². The maximum atomic E-state index is 14.5. The largest absolute Gasteiger partial charge is 0.496 e. The van der Waals surface area contributed by atoms with Crippen LogP contribution in [-0.4, -0.2) is 80.3 Å². The molecule has 13 heteroatoms. The summed E-state index contributed by atoms with van der Waals surface area (Å²) in [7, 11) is 3.30. The number of carbonyl (C=O) groups is 2. The van der Waals surface area contributed by atoms with Crippen LogP contribution in [-0.2, 0) is 37.5 Å². The van der Waals surface area contributed by atoms with Crippen LogP contribution in [0, 0.1) is 19.8 Å². The first-order chi connectivity index (χ1) is 27.2. The zero-order valence-electron chi connectivity index (χ0n) is 32.8. The van der Waals surface area contributed by atoms with Gasteiger partial charge in [0.1, 0.15) is 5.75 Å². The van der Waals surface area contributed by atoms with Crippen molar-refractivity contribution in [1.82, 2.24) is 19.4 Å². The third-order valence-corrected chi connectivity index (χ3v) is 12.1. The van der Waals surface area contributed by atoms with Crippen LogP contribution in [0.5, 0.6) is 5.75 Å². The summed E-state index contributed by atoms with van der Waals surface area (Å²) in [6.07, 6.45) is 3.08. The number of aromatic nitrogens is 2. The first-order valence-electron chi connectivity index (χ1n) is 19.6. The van der Waals surface area contributed by atoms with E-state index in [1.807, 2.05) is 66.8 Å². The third kappa shape index (κ3) is 8.51. The molecule has 4 aromatic rings. The van der Waals surface area contributed by atoms with Gasteiger partial charge in [-0.05, 0) is 104 Å². The van der Waals surface area contributed by atoms with E-state index in [1.165, 1.54) is 19.3 Å². The lowest BCUT2D eigenvalue weighted by Gasteiger charge is -2.37. The predicted octanol–water partition coefficient (Wildman–Crippen LogP) is 7.72. The number of fused-ring (bicyclic) bond motifs is 1. The Hall–Kier alpha value is -4.98. The molecule has 1 amide bonds. The number of methoxy groups -OCH3 is 1. The van der Waals surface area contributed by atoms with Gasteiger partial charge in [-0.15, -0.1) is 0 Å². The number of nitrogens with one attached hydrogen (secondary N) is 1. The van der Waals surface area contributed by atoms with Gasteiger partial charge in [0.2, 0.25) is 0 Å². The molecular weight excluding hydrogens is 736 g/mol. The molecule has 3 heterocycles. The highest BCUT2D eigenvalue weighted by atomic mass is 19.4. The number of alkyl halides is 3. The quantitative estimate of drug-likeness (QED) is 0.140. The Bertz CT molecular complexity index is 2190. The van der Waals surface area contributed by atoms with E-state index in [9.17, 15) is 33.0 Å². The first-order valence-corrected chi connectivity index (χ1v) is 19.6. The fraction of sp³-hybridized carbons (Fsp3) is 0.432. The maximum absolute atomic E-state index is 14.5. The SMILES string of the molecule is COc1cc(/C=C/c2cccc(-c3cccc(NC(=O)c4nc5c(n4C)CCN([C@H]4CC[C@H](O)CC4)C5)c3C)c2C)c(C(F)(F)F)cc1CN1CC[C@@H](C(=O)O)C1. The average molecular weight is 786 g/mol. The van der Waals surface area contributed by atoms with Crippen molar-refractivity contribution < 1.29 is 37.7 Å². The molecule has 0 radical (unpaired) electrons. The number of benzene rings is 3. The van der Waals surface area contributed by atoms with Crippen LogP contribution in [0.4, 0.5) is 18.9 Å². The summed E-state index contributed by atoms with van der Waals surface area (Å²) < 4.78 is 50.9. The number of nitrogens with zero attached hydrogens (tertiary/aromatic N) is 4. The number of ether oxygens (including phenoxy) is 1. The number of carboxylic acids is 1. The lowest BCUT2D eigenvalue weighted by Crippen LogP contribution is -2.42. The van der Waals surface area contributed by atoms with Gasteiger partial charge in [-0.3, -0.25) is 19.4 Å². The van der Waals surface area contributed by atoms with Crippen LogP contribution in [0.2, 0.25) is 0 Å². The molecule has 7 rings (SSSR count). The Labute approximate surface area is 331 Å². The zero-order chi connectivity index (χ0) is 40.6. The second kappa shape index (κ2) is 16.5. The van der Waals surface area contributed by atoms with Gasteiger partial charge in [0.25, 0.3) is 5.91 Å². The molecule has 302 valence electrons. The Kier molecular flexibility index (Phi) is 11.6. The van der Waals surface area contributed by atoms with Gasteiger partial charge in [0.15, 0.2) is 5.82 Å². The third-order valence-electron chi connectivity index (χ3n) is 12.1. The molecule has 2 fully saturated rings. The molecule has 1 atom stereocenters. The highest BCUT2D eigenvalue weighted by molar-refractivity contribution is 6.03. The monoisotopic (exact) mass is 785 g/mol. The standard InChI is InChI=1S/C44H50F3N5O5/c1-26-28(11-12-29-22-40(57-4)31(21-36(29)44(45,46)47)24-51-19-17-30(23-51)43(55)56)7-5-8-34(26)35-9-6-10-37(27(35)2)49-42(54)41-48-38-25-52(20-18-39(38)50(41)3)32-13-15-33(53)16-14-32/h5-12,21-22,30,32-33,53H,13-20,23-25H2,1-4H3,(H,49,54)(H,55,56)/b12-11+/t30-,32-,33-/m1/s1. The molecule has 0 bridgehead atoms. The fourth-order valence-electron chi connectivity index (χ4n) is 8.79. The molecule has 1 saturated heterocycles. The van der Waals surface area contributed by atoms with Gasteiger partial charge in [-0.2, -0.15) is 13.2 Å². The summed E-state index contributed by atoms with van der Waals surface area (Å²) >= 11 is 0. The Morgan fingerprint density at radius 1 is 0.965 bits per heavy atom. The molecule has 2 aliphatic heterocycles. The molecule has 1 saturated carbocycles. The minimum atomic E-state index is -4.64. The number of aliphatic carboxylic acids is 1. The average Bonchev–Trinajstić information content (AvgIpc) is 3.79. The summed E-state index contributed by atoms with van der Waals surface area (Å²) in [6, 6.07) is 14.3. The first kappa shape index (κ1) is 40.2. The second-order valence-corrected chi connectivity index (χ2v) is 15.7. The Balaban J connectivity index is 1.10. The number of carbonyl (C=O) groups excluding carboxylic acids is 1. The maximum Gasteiger partial charge on any atom is 0.417 e. The van der Waals surface area contributed by atoms with Crippen LogP contribution < -0.4 is 10.1 Å². The second-order valence-electron chi connectivity index (χ2n) is 15.7. The number of amides is 1. The van der Waals surface area contributed by atoms with E-state index in [-0.39, 0.29) is 30.7 Å². The van der Waals surface area contributed by atoms with Gasteiger partial charge < -0.3 is 24.8 Å². The summed E-state index contributed by atoms with van der Waals surface area (Å²) in [6.45, 7) is 6.33. The Morgan fingerprint density at radius 3 is 2.35 bits per heavy atom. The molecule has 1 aromatic heterocycles. The number of halogens is 3. The summed E-state index contributed by atoms with van der Waals surface area (Å²) in [5.74, 6) is -1.11. The highest BCUT2D eigenvalue weighted by Crippen LogP contribution is 2.39. The lowest BCUT2D eigenvalue weighted by molar-refractivity contribution is -0.141. The fourth-order valence-corrected chi connectivity index (χ4v) is 8.79. The molecule has 57 heavy (non-hydrogen) atoms. The number of carboxylic acid groups (broad SMARTS) is 1. The van der Waals surface area contributed by atoms with Gasteiger partial charge in [0, 0.05) is 62.6 Å². The van der Waals surface area contributed by atoms with Crippen molar-refractivity contribution in [1.29, 1.82) is 0 Å². The van der Waals surface area contributed by atoms with Crippen LogP contribution in [0.15, 0.2) is 48.5 Å². The molecule has 3 N–H and O–H groups in total. The number of imidazole rings is 1. The number of hydrogen-bond acceptors (Lipinski definition) is 7. The van der Waals surface area contributed by atoms with E-state index in [0.29, 0.717) is 48.4 Å². The normalized spacial score (nSPS) is 20.5. The minimum absolute atomic E-state index is 0.0453. The number of anilines is 1. The van der Waals surface area contributed by atoms with Crippen molar-refractivity contribution in [2.75, 3.05) is 32.1 Å². The van der Waals surface area contributed by atoms with Gasteiger partial charge >= 0.3 is 12.1 Å². The summed E-state index contributed by atoms with van der Waals surface area (Å²) in [5, 5.41) is 22.4. The number of rotatable bonds is 10. The summed E-state index contributed by atoms with van der Waals surface area (Å²) in [4.78, 5) is 34.3. The predicted molar refractivity (Wildman–Crippen MR) is 213 cm³/mol. The molecule has 3 aliphatic rings. The van der Waals surface area contributed by atoms with E-state index in [4.69, 9.17) is 9.72 Å². The van der Waals surface area contributed by atoms with E-state index in [1.54, 1.807) is 6.08 Å². The van der Waals surface area contributed by atoms with Crippen molar-refractivity contribution in [2.45, 2.75) is 83.8 Å². The molecular formula is C44H50F3N5O5.